The first-order chi connectivity index (χ1) is 7.57. The van der Waals surface area contributed by atoms with Crippen LogP contribution in [0.4, 0.5) is 0 Å². The number of amides is 1. The Kier molecular flexibility index (Phi) is 4.28. The van der Waals surface area contributed by atoms with Crippen molar-refractivity contribution < 1.29 is 14.3 Å². The van der Waals surface area contributed by atoms with Gasteiger partial charge in [-0.2, -0.15) is 0 Å². The Bertz CT molecular complexity index is 333. The number of allylic oxidation sites excluding steroid dienone is 1. The summed E-state index contributed by atoms with van der Waals surface area (Å²) < 4.78 is 4.93. The van der Waals surface area contributed by atoms with Crippen LogP contribution in [0.15, 0.2) is 24.3 Å². The standard InChI is InChI=1S/C12H17NO3/c1-3-7-16-12(15)9-6-4-5-8(2)10(9)11(13)14/h3,6,8,10H,1,4-5,7H2,2H3,(H2,13,14). The number of carbonyl (C=O) groups is 2. The summed E-state index contributed by atoms with van der Waals surface area (Å²) in [6.07, 6.45) is 4.89. The minimum absolute atomic E-state index is 0.0915. The quantitative estimate of drug-likeness (QED) is 0.574. The van der Waals surface area contributed by atoms with E-state index in [0.29, 0.717) is 5.57 Å². The summed E-state index contributed by atoms with van der Waals surface area (Å²) in [7, 11) is 0. The number of nitrogens with two attached hydrogens (primary N) is 1. The topological polar surface area (TPSA) is 69.4 Å². The van der Waals surface area contributed by atoms with Crippen molar-refractivity contribution in [3.8, 4) is 0 Å². The Morgan fingerprint density at radius 2 is 2.38 bits per heavy atom. The molecular formula is C12H17NO3. The van der Waals surface area contributed by atoms with E-state index in [4.69, 9.17) is 10.5 Å². The number of primary amides is 1. The van der Waals surface area contributed by atoms with Gasteiger partial charge in [0.25, 0.3) is 0 Å². The maximum Gasteiger partial charge on any atom is 0.334 e. The minimum Gasteiger partial charge on any atom is -0.458 e. The monoisotopic (exact) mass is 223 g/mol. The summed E-state index contributed by atoms with van der Waals surface area (Å²) >= 11 is 0. The van der Waals surface area contributed by atoms with E-state index in [-0.39, 0.29) is 12.5 Å². The van der Waals surface area contributed by atoms with Crippen LogP contribution in [0.5, 0.6) is 0 Å². The van der Waals surface area contributed by atoms with Crippen LogP contribution >= 0.6 is 0 Å². The van der Waals surface area contributed by atoms with Gasteiger partial charge < -0.3 is 10.5 Å². The van der Waals surface area contributed by atoms with Gasteiger partial charge in [-0.15, -0.1) is 0 Å². The second kappa shape index (κ2) is 5.49. The second-order valence-corrected chi connectivity index (χ2v) is 3.98. The van der Waals surface area contributed by atoms with Crippen LogP contribution in [-0.2, 0) is 14.3 Å². The maximum atomic E-state index is 11.7. The van der Waals surface area contributed by atoms with Gasteiger partial charge in [0.2, 0.25) is 5.91 Å². The van der Waals surface area contributed by atoms with E-state index in [9.17, 15) is 9.59 Å². The Morgan fingerprint density at radius 1 is 1.69 bits per heavy atom. The maximum absolute atomic E-state index is 11.7. The Labute approximate surface area is 95.1 Å². The summed E-state index contributed by atoms with van der Waals surface area (Å²) in [5.41, 5.74) is 5.70. The molecule has 16 heavy (non-hydrogen) atoms. The second-order valence-electron chi connectivity index (χ2n) is 3.98. The molecule has 1 aliphatic carbocycles. The number of esters is 1. The molecule has 1 aliphatic rings. The van der Waals surface area contributed by atoms with Crippen molar-refractivity contribution >= 4 is 11.9 Å². The number of carbonyl (C=O) groups excluding carboxylic acids is 2. The summed E-state index contributed by atoms with van der Waals surface area (Å²) in [4.78, 5) is 23.0. The van der Waals surface area contributed by atoms with Crippen LogP contribution < -0.4 is 5.73 Å². The Hall–Kier alpha value is -1.58. The first kappa shape index (κ1) is 12.5. The highest BCUT2D eigenvalue weighted by Gasteiger charge is 2.33. The molecule has 0 heterocycles. The van der Waals surface area contributed by atoms with Crippen molar-refractivity contribution in [1.82, 2.24) is 0 Å². The molecule has 0 bridgehead atoms. The van der Waals surface area contributed by atoms with Gasteiger partial charge in [-0.05, 0) is 18.8 Å². The summed E-state index contributed by atoms with van der Waals surface area (Å²) in [5.74, 6) is -1.36. The molecule has 0 spiro atoms. The smallest absolute Gasteiger partial charge is 0.334 e. The van der Waals surface area contributed by atoms with Gasteiger partial charge in [-0.25, -0.2) is 4.79 Å². The first-order valence-electron chi connectivity index (χ1n) is 5.35. The zero-order valence-electron chi connectivity index (χ0n) is 9.44. The van der Waals surface area contributed by atoms with Crippen LogP contribution in [0.2, 0.25) is 0 Å². The number of hydrogen-bond acceptors (Lipinski definition) is 3. The number of ether oxygens (including phenoxy) is 1. The molecule has 2 atom stereocenters. The van der Waals surface area contributed by atoms with E-state index in [0.717, 1.165) is 12.8 Å². The molecule has 4 heteroatoms. The van der Waals surface area contributed by atoms with Crippen molar-refractivity contribution in [2.75, 3.05) is 6.61 Å². The molecule has 0 aliphatic heterocycles. The fraction of sp³-hybridized carbons (Fsp3) is 0.500. The van der Waals surface area contributed by atoms with Gasteiger partial charge in [0.15, 0.2) is 0 Å². The van der Waals surface area contributed by atoms with Crippen LogP contribution in [0.1, 0.15) is 19.8 Å². The molecule has 1 rings (SSSR count). The highest BCUT2D eigenvalue weighted by molar-refractivity contribution is 5.97. The summed E-state index contributed by atoms with van der Waals surface area (Å²) in [5, 5.41) is 0. The zero-order valence-corrected chi connectivity index (χ0v) is 9.44. The molecule has 0 saturated carbocycles. The zero-order chi connectivity index (χ0) is 12.1. The van der Waals surface area contributed by atoms with Crippen LogP contribution in [0, 0.1) is 11.8 Å². The van der Waals surface area contributed by atoms with Crippen molar-refractivity contribution in [3.05, 3.63) is 24.3 Å². The highest BCUT2D eigenvalue weighted by Crippen LogP contribution is 2.30. The Morgan fingerprint density at radius 3 is 2.94 bits per heavy atom. The summed E-state index contributed by atoms with van der Waals surface area (Å²) in [6, 6.07) is 0. The Balaban J connectivity index is 2.82. The lowest BCUT2D eigenvalue weighted by Gasteiger charge is -2.26. The molecule has 1 amide bonds. The normalized spacial score (nSPS) is 24.4. The molecule has 4 nitrogen and oxygen atoms in total. The third kappa shape index (κ3) is 2.72. The van der Waals surface area contributed by atoms with Crippen LogP contribution in [0.25, 0.3) is 0 Å². The third-order valence-corrected chi connectivity index (χ3v) is 2.76. The predicted octanol–water partition coefficient (Wildman–Crippen LogP) is 1.17. The predicted molar refractivity (Wildman–Crippen MR) is 60.3 cm³/mol. The van der Waals surface area contributed by atoms with Gasteiger partial charge in [0.1, 0.15) is 6.61 Å². The largest absolute Gasteiger partial charge is 0.458 e. The van der Waals surface area contributed by atoms with E-state index in [2.05, 4.69) is 6.58 Å². The van der Waals surface area contributed by atoms with Crippen LogP contribution in [-0.4, -0.2) is 18.5 Å². The molecule has 0 radical (unpaired) electrons. The molecule has 0 aromatic heterocycles. The van der Waals surface area contributed by atoms with Gasteiger partial charge in [0.05, 0.1) is 5.92 Å². The lowest BCUT2D eigenvalue weighted by atomic mass is 9.79. The highest BCUT2D eigenvalue weighted by atomic mass is 16.5. The minimum atomic E-state index is -0.522. The van der Waals surface area contributed by atoms with E-state index in [1.807, 2.05) is 6.92 Å². The molecule has 2 N–H and O–H groups in total. The van der Waals surface area contributed by atoms with Crippen LogP contribution in [0.3, 0.4) is 0 Å². The summed E-state index contributed by atoms with van der Waals surface area (Å²) in [6.45, 7) is 5.53. The number of rotatable bonds is 4. The van der Waals surface area contributed by atoms with Crippen molar-refractivity contribution in [2.24, 2.45) is 17.6 Å². The van der Waals surface area contributed by atoms with Gasteiger partial charge in [-0.1, -0.05) is 25.7 Å². The average molecular weight is 223 g/mol. The van der Waals surface area contributed by atoms with E-state index >= 15 is 0 Å². The first-order valence-corrected chi connectivity index (χ1v) is 5.35. The van der Waals surface area contributed by atoms with Gasteiger partial charge >= 0.3 is 5.97 Å². The lowest BCUT2D eigenvalue weighted by molar-refractivity contribution is -0.140. The van der Waals surface area contributed by atoms with Gasteiger partial charge in [-0.3, -0.25) is 4.79 Å². The van der Waals surface area contributed by atoms with Crippen molar-refractivity contribution in [1.29, 1.82) is 0 Å². The molecule has 2 unspecified atom stereocenters. The van der Waals surface area contributed by atoms with E-state index in [1.54, 1.807) is 6.08 Å². The fourth-order valence-electron chi connectivity index (χ4n) is 1.96. The number of hydrogen-bond donors (Lipinski definition) is 1. The van der Waals surface area contributed by atoms with E-state index < -0.39 is 17.8 Å². The fourth-order valence-corrected chi connectivity index (χ4v) is 1.96. The third-order valence-electron chi connectivity index (χ3n) is 2.76. The molecule has 0 fully saturated rings. The molecule has 0 aromatic rings. The van der Waals surface area contributed by atoms with Gasteiger partial charge in [0, 0.05) is 5.57 Å². The average Bonchev–Trinajstić information content (AvgIpc) is 2.24. The van der Waals surface area contributed by atoms with E-state index in [1.165, 1.54) is 6.08 Å². The SMILES string of the molecule is C=CCOC(=O)C1=CCCC(C)C1C(N)=O. The molecule has 0 aromatic carbocycles. The molecule has 88 valence electrons. The lowest BCUT2D eigenvalue weighted by Crippen LogP contribution is -2.35. The van der Waals surface area contributed by atoms with Crippen molar-refractivity contribution in [3.63, 3.8) is 0 Å². The molecular weight excluding hydrogens is 206 g/mol. The van der Waals surface area contributed by atoms with Crippen molar-refractivity contribution in [2.45, 2.75) is 19.8 Å². The molecule has 0 saturated heterocycles.